The molecule has 1 N–H and O–H groups in total. The second-order valence-electron chi connectivity index (χ2n) is 9.00. The number of anilines is 1. The number of carbonyl (C=O) groups is 2. The van der Waals surface area contributed by atoms with Crippen LogP contribution < -0.4 is 9.62 Å². The van der Waals surface area contributed by atoms with Crippen LogP contribution in [0.25, 0.3) is 0 Å². The molecule has 0 heterocycles. The molecule has 2 amide bonds. The zero-order valence-corrected chi connectivity index (χ0v) is 24.6. The Balaban J connectivity index is 2.07. The molecule has 0 bridgehead atoms. The SMILES string of the molecule is CC[C@@H](C(=O)NC(C)C)N(Cc1ccccc1Cl)C(=O)CN(c1cccc(Br)c1)S(=O)(=O)c1ccccc1. The third-order valence-electron chi connectivity index (χ3n) is 5.82. The number of nitrogens with zero attached hydrogens (tertiary/aromatic N) is 2. The van der Waals surface area contributed by atoms with E-state index in [-0.39, 0.29) is 23.4 Å². The molecule has 0 radical (unpaired) electrons. The fraction of sp³-hybridized carbons (Fsp3) is 0.286. The van der Waals surface area contributed by atoms with Crippen molar-refractivity contribution in [1.29, 1.82) is 0 Å². The van der Waals surface area contributed by atoms with Gasteiger partial charge < -0.3 is 10.2 Å². The maximum Gasteiger partial charge on any atom is 0.264 e. The van der Waals surface area contributed by atoms with Crippen molar-refractivity contribution in [3.05, 3.63) is 93.9 Å². The Morgan fingerprint density at radius 1 is 0.974 bits per heavy atom. The summed E-state index contributed by atoms with van der Waals surface area (Å²) in [7, 11) is -4.11. The van der Waals surface area contributed by atoms with Gasteiger partial charge in [-0.1, -0.05) is 76.9 Å². The molecule has 0 saturated carbocycles. The van der Waals surface area contributed by atoms with Gasteiger partial charge in [-0.25, -0.2) is 8.42 Å². The van der Waals surface area contributed by atoms with Crippen LogP contribution in [-0.2, 0) is 26.2 Å². The fourth-order valence-electron chi connectivity index (χ4n) is 3.99. The van der Waals surface area contributed by atoms with E-state index in [1.807, 2.05) is 20.8 Å². The van der Waals surface area contributed by atoms with E-state index in [0.29, 0.717) is 27.2 Å². The summed E-state index contributed by atoms with van der Waals surface area (Å²) in [6.45, 7) is 5.02. The predicted octanol–water partition coefficient (Wildman–Crippen LogP) is 5.63. The van der Waals surface area contributed by atoms with Crippen molar-refractivity contribution < 1.29 is 18.0 Å². The molecule has 10 heteroatoms. The minimum absolute atomic E-state index is 0.0419. The molecule has 7 nitrogen and oxygen atoms in total. The van der Waals surface area contributed by atoms with Gasteiger partial charge in [0.25, 0.3) is 10.0 Å². The molecule has 38 heavy (non-hydrogen) atoms. The van der Waals surface area contributed by atoms with Crippen LogP contribution in [0.5, 0.6) is 0 Å². The first-order valence-electron chi connectivity index (χ1n) is 12.2. The molecule has 202 valence electrons. The van der Waals surface area contributed by atoms with E-state index >= 15 is 0 Å². The maximum atomic E-state index is 14.0. The van der Waals surface area contributed by atoms with Gasteiger partial charge in [0.2, 0.25) is 11.8 Å². The topological polar surface area (TPSA) is 86.8 Å². The standard InChI is InChI=1S/C28H31BrClN3O4S/c1-4-26(28(35)31-20(2)3)32(18-21-11-8-9-16-25(21)30)27(34)19-33(23-13-10-12-22(29)17-23)38(36,37)24-14-6-5-7-15-24/h5-17,20,26H,4,18-19H2,1-3H3,(H,31,35)/t26-/m0/s1. The smallest absolute Gasteiger partial charge is 0.264 e. The van der Waals surface area contributed by atoms with Crippen molar-refractivity contribution in [2.24, 2.45) is 0 Å². The first-order chi connectivity index (χ1) is 18.0. The molecule has 3 rings (SSSR count). The van der Waals surface area contributed by atoms with Crippen molar-refractivity contribution in [3.8, 4) is 0 Å². The molecule has 0 fully saturated rings. The number of hydrogen-bond donors (Lipinski definition) is 1. The van der Waals surface area contributed by atoms with Crippen LogP contribution in [-0.4, -0.2) is 43.8 Å². The van der Waals surface area contributed by atoms with Gasteiger partial charge in [0.15, 0.2) is 0 Å². The van der Waals surface area contributed by atoms with Gasteiger partial charge >= 0.3 is 0 Å². The molecule has 0 aliphatic carbocycles. The number of carbonyl (C=O) groups excluding carboxylic acids is 2. The summed E-state index contributed by atoms with van der Waals surface area (Å²) in [6.07, 6.45) is 0.330. The summed E-state index contributed by atoms with van der Waals surface area (Å²) in [5.41, 5.74) is 0.965. The van der Waals surface area contributed by atoms with Gasteiger partial charge in [-0.2, -0.15) is 0 Å². The van der Waals surface area contributed by atoms with Crippen molar-refractivity contribution >= 4 is 55.1 Å². The molecular weight excluding hydrogens is 590 g/mol. The molecule has 1 atom stereocenters. The lowest BCUT2D eigenvalue weighted by molar-refractivity contribution is -0.140. The highest BCUT2D eigenvalue weighted by molar-refractivity contribution is 9.10. The van der Waals surface area contributed by atoms with Crippen LogP contribution in [0.1, 0.15) is 32.8 Å². The second kappa shape index (κ2) is 13.3. The van der Waals surface area contributed by atoms with E-state index < -0.39 is 28.5 Å². The Bertz CT molecular complexity index is 1370. The van der Waals surface area contributed by atoms with Crippen LogP contribution in [0.2, 0.25) is 5.02 Å². The van der Waals surface area contributed by atoms with Crippen LogP contribution in [0, 0.1) is 0 Å². The lowest BCUT2D eigenvalue weighted by atomic mass is 10.1. The summed E-state index contributed by atoms with van der Waals surface area (Å²) >= 11 is 9.80. The lowest BCUT2D eigenvalue weighted by Crippen LogP contribution is -2.53. The van der Waals surface area contributed by atoms with E-state index in [1.165, 1.54) is 17.0 Å². The van der Waals surface area contributed by atoms with E-state index in [0.717, 1.165) is 4.31 Å². The summed E-state index contributed by atoms with van der Waals surface area (Å²) < 4.78 is 29.3. The van der Waals surface area contributed by atoms with Crippen molar-refractivity contribution in [3.63, 3.8) is 0 Å². The summed E-state index contributed by atoms with van der Waals surface area (Å²) in [5.74, 6) is -0.849. The van der Waals surface area contributed by atoms with Gasteiger partial charge in [0.05, 0.1) is 10.6 Å². The van der Waals surface area contributed by atoms with Crippen molar-refractivity contribution in [2.45, 2.75) is 50.7 Å². The number of halogens is 2. The first-order valence-corrected chi connectivity index (χ1v) is 14.8. The molecule has 0 aliphatic heterocycles. The molecule has 3 aromatic rings. The zero-order valence-electron chi connectivity index (χ0n) is 21.5. The highest BCUT2D eigenvalue weighted by Crippen LogP contribution is 2.27. The van der Waals surface area contributed by atoms with E-state index in [9.17, 15) is 18.0 Å². The van der Waals surface area contributed by atoms with Gasteiger partial charge in [-0.15, -0.1) is 0 Å². The molecule has 0 aliphatic rings. The van der Waals surface area contributed by atoms with E-state index in [1.54, 1.807) is 66.7 Å². The van der Waals surface area contributed by atoms with Crippen LogP contribution in [0.15, 0.2) is 88.2 Å². The lowest BCUT2D eigenvalue weighted by Gasteiger charge is -2.33. The second-order valence-corrected chi connectivity index (χ2v) is 12.2. The number of sulfonamides is 1. The first kappa shape index (κ1) is 29.7. The third-order valence-corrected chi connectivity index (χ3v) is 8.47. The highest BCUT2D eigenvalue weighted by Gasteiger charge is 2.34. The third kappa shape index (κ3) is 7.36. The molecular formula is C28H31BrClN3O4S. The number of rotatable bonds is 11. The minimum Gasteiger partial charge on any atom is -0.352 e. The predicted molar refractivity (Wildman–Crippen MR) is 154 cm³/mol. The van der Waals surface area contributed by atoms with Crippen LogP contribution in [0.3, 0.4) is 0 Å². The average Bonchev–Trinajstić information content (AvgIpc) is 2.88. The van der Waals surface area contributed by atoms with E-state index in [4.69, 9.17) is 11.6 Å². The van der Waals surface area contributed by atoms with Crippen LogP contribution in [0.4, 0.5) is 5.69 Å². The number of amides is 2. The van der Waals surface area contributed by atoms with Gasteiger partial charge in [-0.05, 0) is 62.2 Å². The summed E-state index contributed by atoms with van der Waals surface area (Å²) in [5, 5.41) is 3.32. The molecule has 0 spiro atoms. The van der Waals surface area contributed by atoms with Gasteiger partial charge in [0.1, 0.15) is 12.6 Å². The monoisotopic (exact) mass is 619 g/mol. The Kier molecular flexibility index (Phi) is 10.4. The van der Waals surface area contributed by atoms with Crippen LogP contribution >= 0.6 is 27.5 Å². The van der Waals surface area contributed by atoms with E-state index in [2.05, 4.69) is 21.2 Å². The Morgan fingerprint density at radius 3 is 2.24 bits per heavy atom. The molecule has 0 saturated heterocycles. The van der Waals surface area contributed by atoms with Gasteiger partial charge in [-0.3, -0.25) is 13.9 Å². The molecule has 0 unspecified atom stereocenters. The van der Waals surface area contributed by atoms with Crippen molar-refractivity contribution in [1.82, 2.24) is 10.2 Å². The summed E-state index contributed by atoms with van der Waals surface area (Å²) in [6, 6.07) is 20.8. The maximum absolute atomic E-state index is 14.0. The average molecular weight is 621 g/mol. The molecule has 0 aromatic heterocycles. The fourth-order valence-corrected chi connectivity index (χ4v) is 6.00. The normalized spacial score (nSPS) is 12.2. The Morgan fingerprint density at radius 2 is 1.63 bits per heavy atom. The van der Waals surface area contributed by atoms with Gasteiger partial charge in [0, 0.05) is 22.1 Å². The summed E-state index contributed by atoms with van der Waals surface area (Å²) in [4.78, 5) is 28.6. The number of nitrogens with one attached hydrogen (secondary N) is 1. The Hall–Kier alpha value is -2.88. The largest absolute Gasteiger partial charge is 0.352 e. The Labute approximate surface area is 238 Å². The highest BCUT2D eigenvalue weighted by atomic mass is 79.9. The minimum atomic E-state index is -4.11. The number of benzene rings is 3. The molecule has 3 aromatic carbocycles. The quantitative estimate of drug-likeness (QED) is 0.301. The van der Waals surface area contributed by atoms with Crippen molar-refractivity contribution in [2.75, 3.05) is 10.8 Å². The number of hydrogen-bond acceptors (Lipinski definition) is 4. The zero-order chi connectivity index (χ0) is 27.9.